The molecule has 0 aliphatic carbocycles. The van der Waals surface area contributed by atoms with E-state index in [9.17, 15) is 0 Å². The van der Waals surface area contributed by atoms with Crippen molar-refractivity contribution in [1.82, 2.24) is 9.78 Å². The molecule has 0 fully saturated rings. The first kappa shape index (κ1) is 11.5. The SMILES string of the molecule is COCCNc1c(C(=N)N)c(C)nn1C. The highest BCUT2D eigenvalue weighted by Gasteiger charge is 2.14. The third kappa shape index (κ3) is 2.47. The zero-order chi connectivity index (χ0) is 11.4. The fourth-order valence-corrected chi connectivity index (χ4v) is 1.45. The number of nitrogens with one attached hydrogen (secondary N) is 2. The molecule has 1 heterocycles. The van der Waals surface area contributed by atoms with Gasteiger partial charge in [-0.15, -0.1) is 0 Å². The summed E-state index contributed by atoms with van der Waals surface area (Å²) in [7, 11) is 3.45. The minimum absolute atomic E-state index is 0.0283. The minimum atomic E-state index is 0.0283. The second-order valence-electron chi connectivity index (χ2n) is 3.27. The third-order valence-corrected chi connectivity index (χ3v) is 2.09. The van der Waals surface area contributed by atoms with Crippen molar-refractivity contribution >= 4 is 11.7 Å². The summed E-state index contributed by atoms with van der Waals surface area (Å²) in [5, 5.41) is 14.8. The van der Waals surface area contributed by atoms with E-state index in [2.05, 4.69) is 10.4 Å². The van der Waals surface area contributed by atoms with E-state index in [1.807, 2.05) is 14.0 Å². The van der Waals surface area contributed by atoms with Gasteiger partial charge in [-0.1, -0.05) is 0 Å². The van der Waals surface area contributed by atoms with Crippen LogP contribution in [0.2, 0.25) is 0 Å². The van der Waals surface area contributed by atoms with Gasteiger partial charge in [-0.05, 0) is 6.92 Å². The van der Waals surface area contributed by atoms with E-state index in [0.29, 0.717) is 18.7 Å². The number of rotatable bonds is 5. The topological polar surface area (TPSA) is 88.9 Å². The van der Waals surface area contributed by atoms with Crippen LogP contribution in [0.5, 0.6) is 0 Å². The summed E-state index contributed by atoms with van der Waals surface area (Å²) in [4.78, 5) is 0. The highest BCUT2D eigenvalue weighted by molar-refractivity contribution is 6.00. The Balaban J connectivity index is 2.89. The summed E-state index contributed by atoms with van der Waals surface area (Å²) in [5.41, 5.74) is 6.91. The first-order chi connectivity index (χ1) is 7.07. The van der Waals surface area contributed by atoms with E-state index >= 15 is 0 Å². The number of aromatic nitrogens is 2. The van der Waals surface area contributed by atoms with Gasteiger partial charge in [0.25, 0.3) is 0 Å². The van der Waals surface area contributed by atoms with Gasteiger partial charge in [0.2, 0.25) is 0 Å². The normalized spacial score (nSPS) is 10.3. The first-order valence-electron chi connectivity index (χ1n) is 4.68. The molecule has 84 valence electrons. The molecule has 6 heteroatoms. The van der Waals surface area contributed by atoms with Gasteiger partial charge in [-0.3, -0.25) is 10.1 Å². The number of nitrogens with two attached hydrogens (primary N) is 1. The Bertz CT molecular complexity index is 358. The summed E-state index contributed by atoms with van der Waals surface area (Å²) in [6.45, 7) is 3.09. The molecule has 0 saturated carbocycles. The van der Waals surface area contributed by atoms with Crippen LogP contribution >= 0.6 is 0 Å². The molecule has 0 saturated heterocycles. The van der Waals surface area contributed by atoms with Gasteiger partial charge in [0.1, 0.15) is 11.7 Å². The molecule has 0 atom stereocenters. The number of aryl methyl sites for hydroxylation is 2. The largest absolute Gasteiger partial charge is 0.384 e. The van der Waals surface area contributed by atoms with E-state index < -0.39 is 0 Å². The maximum atomic E-state index is 7.46. The molecule has 1 rings (SSSR count). The number of methoxy groups -OCH3 is 1. The number of hydrogen-bond donors (Lipinski definition) is 3. The zero-order valence-corrected chi connectivity index (χ0v) is 9.29. The van der Waals surface area contributed by atoms with Gasteiger partial charge in [0.05, 0.1) is 17.9 Å². The standard InChI is InChI=1S/C9H17N5O/c1-6-7(8(10)11)9(14(2)13-6)12-4-5-15-3/h12H,4-5H2,1-3H3,(H3,10,11). The second kappa shape index (κ2) is 4.79. The minimum Gasteiger partial charge on any atom is -0.384 e. The molecule has 0 aliphatic rings. The molecule has 0 aromatic carbocycles. The summed E-state index contributed by atoms with van der Waals surface area (Å²) in [6, 6.07) is 0. The average Bonchev–Trinajstić information content (AvgIpc) is 2.42. The maximum absolute atomic E-state index is 7.46. The predicted octanol–water partition coefficient (Wildman–Crippen LogP) is 0.0709. The third-order valence-electron chi connectivity index (χ3n) is 2.09. The zero-order valence-electron chi connectivity index (χ0n) is 9.29. The quantitative estimate of drug-likeness (QED) is 0.365. The Morgan fingerprint density at radius 1 is 1.67 bits per heavy atom. The van der Waals surface area contributed by atoms with Crippen LogP contribution in [0.4, 0.5) is 5.82 Å². The molecule has 0 amide bonds. The summed E-state index contributed by atoms with van der Waals surface area (Å²) in [6.07, 6.45) is 0. The lowest BCUT2D eigenvalue weighted by molar-refractivity contribution is 0.210. The fourth-order valence-electron chi connectivity index (χ4n) is 1.45. The van der Waals surface area contributed by atoms with Gasteiger partial charge in [-0.25, -0.2) is 0 Å². The summed E-state index contributed by atoms with van der Waals surface area (Å²) >= 11 is 0. The number of nitrogen functional groups attached to an aromatic ring is 1. The number of nitrogens with zero attached hydrogens (tertiary/aromatic N) is 2. The number of anilines is 1. The molecule has 0 radical (unpaired) electrons. The van der Waals surface area contributed by atoms with Crippen molar-refractivity contribution in [3.63, 3.8) is 0 Å². The lowest BCUT2D eigenvalue weighted by Gasteiger charge is -2.08. The van der Waals surface area contributed by atoms with E-state index in [1.54, 1.807) is 11.8 Å². The fraction of sp³-hybridized carbons (Fsp3) is 0.556. The summed E-state index contributed by atoms with van der Waals surface area (Å²) < 4.78 is 6.62. The molecular weight excluding hydrogens is 194 g/mol. The van der Waals surface area contributed by atoms with Crippen LogP contribution in [0.25, 0.3) is 0 Å². The number of amidine groups is 1. The average molecular weight is 211 g/mol. The Labute approximate surface area is 88.9 Å². The molecule has 15 heavy (non-hydrogen) atoms. The Morgan fingerprint density at radius 2 is 2.33 bits per heavy atom. The molecule has 0 spiro atoms. The lowest BCUT2D eigenvalue weighted by atomic mass is 10.2. The summed E-state index contributed by atoms with van der Waals surface area (Å²) in [5.74, 6) is 0.789. The van der Waals surface area contributed by atoms with Gasteiger partial charge < -0.3 is 15.8 Å². The molecule has 4 N–H and O–H groups in total. The van der Waals surface area contributed by atoms with Gasteiger partial charge in [-0.2, -0.15) is 5.10 Å². The smallest absolute Gasteiger partial charge is 0.135 e. The van der Waals surface area contributed by atoms with E-state index in [-0.39, 0.29) is 5.84 Å². The van der Waals surface area contributed by atoms with E-state index in [1.165, 1.54) is 0 Å². The Kier molecular flexibility index (Phi) is 3.68. The van der Waals surface area contributed by atoms with Crippen molar-refractivity contribution in [3.8, 4) is 0 Å². The van der Waals surface area contributed by atoms with Gasteiger partial charge >= 0.3 is 0 Å². The van der Waals surface area contributed by atoms with Crippen molar-refractivity contribution in [2.24, 2.45) is 12.8 Å². The van der Waals surface area contributed by atoms with Crippen LogP contribution in [0, 0.1) is 12.3 Å². The number of ether oxygens (including phenoxy) is 1. The van der Waals surface area contributed by atoms with Crippen LogP contribution in [0.1, 0.15) is 11.3 Å². The maximum Gasteiger partial charge on any atom is 0.135 e. The van der Waals surface area contributed by atoms with Crippen molar-refractivity contribution < 1.29 is 4.74 Å². The van der Waals surface area contributed by atoms with Gasteiger partial charge in [0.15, 0.2) is 0 Å². The molecule has 0 bridgehead atoms. The molecular formula is C9H17N5O. The van der Waals surface area contributed by atoms with Crippen LogP contribution < -0.4 is 11.1 Å². The molecule has 6 nitrogen and oxygen atoms in total. The molecule has 0 unspecified atom stereocenters. The van der Waals surface area contributed by atoms with Crippen LogP contribution in [-0.4, -0.2) is 35.9 Å². The molecule has 1 aromatic rings. The predicted molar refractivity (Wildman–Crippen MR) is 59.3 cm³/mol. The van der Waals surface area contributed by atoms with E-state index in [0.717, 1.165) is 11.5 Å². The Morgan fingerprint density at radius 3 is 2.87 bits per heavy atom. The highest BCUT2D eigenvalue weighted by atomic mass is 16.5. The van der Waals surface area contributed by atoms with E-state index in [4.69, 9.17) is 15.9 Å². The van der Waals surface area contributed by atoms with Crippen LogP contribution in [0.15, 0.2) is 0 Å². The van der Waals surface area contributed by atoms with Crippen molar-refractivity contribution in [2.75, 3.05) is 25.6 Å². The number of hydrogen-bond acceptors (Lipinski definition) is 4. The van der Waals surface area contributed by atoms with Crippen molar-refractivity contribution in [1.29, 1.82) is 5.41 Å². The monoisotopic (exact) mass is 211 g/mol. The van der Waals surface area contributed by atoms with Crippen LogP contribution in [0.3, 0.4) is 0 Å². The molecule has 0 aliphatic heterocycles. The Hall–Kier alpha value is -1.56. The highest BCUT2D eigenvalue weighted by Crippen LogP contribution is 2.17. The second-order valence-corrected chi connectivity index (χ2v) is 3.27. The van der Waals surface area contributed by atoms with Crippen molar-refractivity contribution in [3.05, 3.63) is 11.3 Å². The van der Waals surface area contributed by atoms with Gasteiger partial charge in [0, 0.05) is 20.7 Å². The van der Waals surface area contributed by atoms with Crippen molar-refractivity contribution in [2.45, 2.75) is 6.92 Å². The lowest BCUT2D eigenvalue weighted by Crippen LogP contribution is -2.17. The molecule has 1 aromatic heterocycles. The van der Waals surface area contributed by atoms with Crippen LogP contribution in [-0.2, 0) is 11.8 Å². The first-order valence-corrected chi connectivity index (χ1v) is 4.68.